The molecule has 4 nitrogen and oxygen atoms in total. The van der Waals surface area contributed by atoms with Gasteiger partial charge in [0.2, 0.25) is 5.91 Å². The molecule has 1 atom stereocenters. The molecule has 1 unspecified atom stereocenters. The summed E-state index contributed by atoms with van der Waals surface area (Å²) in [6.07, 6.45) is -3.19. The van der Waals surface area contributed by atoms with Gasteiger partial charge in [-0.25, -0.2) is 0 Å². The van der Waals surface area contributed by atoms with E-state index < -0.39 is 29.8 Å². The Morgan fingerprint density at radius 3 is 2.38 bits per heavy atom. The third-order valence-corrected chi connectivity index (χ3v) is 4.26. The lowest BCUT2D eigenvalue weighted by Gasteiger charge is -2.29. The molecule has 140 valence electrons. The Morgan fingerprint density at radius 2 is 1.81 bits per heavy atom. The average Bonchev–Trinajstić information content (AvgIpc) is 2.60. The van der Waals surface area contributed by atoms with Crippen LogP contribution in [0.4, 0.5) is 13.2 Å². The van der Waals surface area contributed by atoms with Crippen molar-refractivity contribution in [2.24, 2.45) is 0 Å². The zero-order valence-corrected chi connectivity index (χ0v) is 14.7. The molecule has 2 rings (SSSR count). The number of hydrogen-bond acceptors (Lipinski definition) is 2. The van der Waals surface area contributed by atoms with Crippen LogP contribution in [0.5, 0.6) is 0 Å². The summed E-state index contributed by atoms with van der Waals surface area (Å²) >= 11 is 0. The van der Waals surface area contributed by atoms with Crippen molar-refractivity contribution in [2.45, 2.75) is 45.6 Å². The molecule has 2 aromatic rings. The number of nitrogens with zero attached hydrogens (tertiary/aromatic N) is 2. The third kappa shape index (κ3) is 4.97. The summed E-state index contributed by atoms with van der Waals surface area (Å²) in [5, 5.41) is 0. The van der Waals surface area contributed by atoms with Crippen LogP contribution in [0.2, 0.25) is 0 Å². The molecule has 0 saturated carbocycles. The first-order valence-corrected chi connectivity index (χ1v) is 8.33. The largest absolute Gasteiger partial charge is 0.417 e. The van der Waals surface area contributed by atoms with Crippen molar-refractivity contribution in [3.8, 4) is 0 Å². The van der Waals surface area contributed by atoms with Crippen LogP contribution in [0.1, 0.15) is 31.4 Å². The number of carbonyl (C=O) groups is 1. The second-order valence-electron chi connectivity index (χ2n) is 6.15. The minimum absolute atomic E-state index is 0.107. The molecule has 1 aromatic heterocycles. The quantitative estimate of drug-likeness (QED) is 0.782. The van der Waals surface area contributed by atoms with Gasteiger partial charge < -0.3 is 9.47 Å². The number of pyridine rings is 1. The van der Waals surface area contributed by atoms with Crippen molar-refractivity contribution in [2.75, 3.05) is 0 Å². The number of alkyl halides is 3. The zero-order valence-electron chi connectivity index (χ0n) is 14.7. The fourth-order valence-corrected chi connectivity index (χ4v) is 2.55. The highest BCUT2D eigenvalue weighted by molar-refractivity contribution is 5.76. The summed E-state index contributed by atoms with van der Waals surface area (Å²) in [5.74, 6) is -0.398. The van der Waals surface area contributed by atoms with E-state index in [4.69, 9.17) is 0 Å². The Bertz CT molecular complexity index is 800. The maximum absolute atomic E-state index is 12.9. The van der Waals surface area contributed by atoms with E-state index in [2.05, 4.69) is 0 Å². The highest BCUT2D eigenvalue weighted by Crippen LogP contribution is 2.28. The Balaban J connectivity index is 2.25. The molecule has 26 heavy (non-hydrogen) atoms. The molecule has 0 radical (unpaired) electrons. The van der Waals surface area contributed by atoms with Crippen LogP contribution < -0.4 is 5.56 Å². The summed E-state index contributed by atoms with van der Waals surface area (Å²) in [4.78, 5) is 26.2. The van der Waals surface area contributed by atoms with E-state index in [1.807, 2.05) is 44.2 Å². The van der Waals surface area contributed by atoms with E-state index in [0.29, 0.717) is 19.2 Å². The van der Waals surface area contributed by atoms with Gasteiger partial charge >= 0.3 is 6.18 Å². The molecule has 1 heterocycles. The molecule has 0 bridgehead atoms. The second kappa shape index (κ2) is 8.21. The highest BCUT2D eigenvalue weighted by atomic mass is 19.4. The van der Waals surface area contributed by atoms with Crippen LogP contribution in [0.25, 0.3) is 0 Å². The van der Waals surface area contributed by atoms with Gasteiger partial charge in [0, 0.05) is 24.8 Å². The molecule has 0 N–H and O–H groups in total. The number of carbonyl (C=O) groups excluding carboxylic acids is 1. The molecule has 0 aliphatic carbocycles. The minimum Gasteiger partial charge on any atom is -0.334 e. The van der Waals surface area contributed by atoms with Gasteiger partial charge in [0.25, 0.3) is 5.56 Å². The van der Waals surface area contributed by atoms with Gasteiger partial charge in [-0.3, -0.25) is 9.59 Å². The van der Waals surface area contributed by atoms with Gasteiger partial charge in [-0.05, 0) is 25.0 Å². The molecule has 1 amide bonds. The third-order valence-electron chi connectivity index (χ3n) is 4.26. The normalized spacial score (nSPS) is 12.7. The maximum atomic E-state index is 12.9. The average molecular weight is 366 g/mol. The number of rotatable bonds is 6. The summed E-state index contributed by atoms with van der Waals surface area (Å²) in [6.45, 7) is 3.70. The number of halogens is 3. The Morgan fingerprint density at radius 1 is 1.15 bits per heavy atom. The molecular formula is C19H21F3N2O2. The minimum atomic E-state index is -4.57. The van der Waals surface area contributed by atoms with Crippen LogP contribution in [-0.2, 0) is 24.1 Å². The van der Waals surface area contributed by atoms with Gasteiger partial charge in [0.1, 0.15) is 6.54 Å². The Kier molecular flexibility index (Phi) is 6.23. The van der Waals surface area contributed by atoms with E-state index in [0.717, 1.165) is 22.3 Å². The van der Waals surface area contributed by atoms with Crippen molar-refractivity contribution in [3.63, 3.8) is 0 Å². The summed E-state index contributed by atoms with van der Waals surface area (Å²) in [7, 11) is 0. The number of amides is 1. The van der Waals surface area contributed by atoms with E-state index in [9.17, 15) is 22.8 Å². The smallest absolute Gasteiger partial charge is 0.334 e. The zero-order chi connectivity index (χ0) is 19.3. The summed E-state index contributed by atoms with van der Waals surface area (Å²) in [5.41, 5.74) is -0.684. The molecule has 0 aliphatic heterocycles. The lowest BCUT2D eigenvalue weighted by Crippen LogP contribution is -2.41. The van der Waals surface area contributed by atoms with Crippen LogP contribution in [0, 0.1) is 0 Å². The molecule has 0 fully saturated rings. The van der Waals surface area contributed by atoms with Gasteiger partial charge in [-0.15, -0.1) is 0 Å². The van der Waals surface area contributed by atoms with E-state index in [-0.39, 0.29) is 6.04 Å². The second-order valence-corrected chi connectivity index (χ2v) is 6.15. The lowest BCUT2D eigenvalue weighted by molar-refractivity contribution is -0.139. The molecule has 7 heteroatoms. The SMILES string of the molecule is CCC(C)N(Cc1ccccc1)C(=O)Cn1cc(C(F)(F)F)ccc1=O. The van der Waals surface area contributed by atoms with Crippen molar-refractivity contribution in [3.05, 3.63) is 70.1 Å². The van der Waals surface area contributed by atoms with Crippen LogP contribution in [0.15, 0.2) is 53.5 Å². The van der Waals surface area contributed by atoms with Crippen LogP contribution in [0.3, 0.4) is 0 Å². The topological polar surface area (TPSA) is 42.3 Å². The van der Waals surface area contributed by atoms with Gasteiger partial charge in [-0.2, -0.15) is 13.2 Å². The standard InChI is InChI=1S/C19H21F3N2O2/c1-3-14(2)24(11-15-7-5-4-6-8-15)18(26)13-23-12-16(19(20,21)22)9-10-17(23)25/h4-10,12,14H,3,11,13H2,1-2H3. The fourth-order valence-electron chi connectivity index (χ4n) is 2.55. The predicted molar refractivity (Wildman–Crippen MR) is 92.4 cm³/mol. The number of aromatic nitrogens is 1. The van der Waals surface area contributed by atoms with Crippen LogP contribution >= 0.6 is 0 Å². The first-order chi connectivity index (χ1) is 12.2. The highest BCUT2D eigenvalue weighted by Gasteiger charge is 2.31. The van der Waals surface area contributed by atoms with Gasteiger partial charge in [0.15, 0.2) is 0 Å². The van der Waals surface area contributed by atoms with Gasteiger partial charge in [0.05, 0.1) is 5.56 Å². The lowest BCUT2D eigenvalue weighted by atomic mass is 10.1. The number of benzene rings is 1. The van der Waals surface area contributed by atoms with Crippen LogP contribution in [-0.4, -0.2) is 21.4 Å². The van der Waals surface area contributed by atoms with E-state index in [1.54, 1.807) is 4.90 Å². The number of hydrogen-bond donors (Lipinski definition) is 0. The van der Waals surface area contributed by atoms with Crippen molar-refractivity contribution in [1.82, 2.24) is 9.47 Å². The predicted octanol–water partition coefficient (Wildman–Crippen LogP) is 3.69. The summed E-state index contributed by atoms with van der Waals surface area (Å²) in [6, 6.07) is 10.8. The molecule has 0 saturated heterocycles. The van der Waals surface area contributed by atoms with E-state index >= 15 is 0 Å². The van der Waals surface area contributed by atoms with Gasteiger partial charge in [-0.1, -0.05) is 37.3 Å². The van der Waals surface area contributed by atoms with Crippen molar-refractivity contribution >= 4 is 5.91 Å². The Hall–Kier alpha value is -2.57. The molecule has 0 spiro atoms. The van der Waals surface area contributed by atoms with E-state index in [1.165, 1.54) is 0 Å². The first kappa shape index (κ1) is 19.8. The molecule has 0 aliphatic rings. The Labute approximate surface area is 149 Å². The van der Waals surface area contributed by atoms with Crippen molar-refractivity contribution in [1.29, 1.82) is 0 Å². The monoisotopic (exact) mass is 366 g/mol. The molecule has 1 aromatic carbocycles. The maximum Gasteiger partial charge on any atom is 0.417 e. The summed E-state index contributed by atoms with van der Waals surface area (Å²) < 4.78 is 39.4. The van der Waals surface area contributed by atoms with Crippen molar-refractivity contribution < 1.29 is 18.0 Å². The first-order valence-electron chi connectivity index (χ1n) is 8.33. The molecular weight excluding hydrogens is 345 g/mol. The fraction of sp³-hybridized carbons (Fsp3) is 0.368.